The van der Waals surface area contributed by atoms with E-state index in [1.807, 2.05) is 0 Å². The van der Waals surface area contributed by atoms with Crippen LogP contribution in [0.15, 0.2) is 0 Å². The quantitative estimate of drug-likeness (QED) is 0.442. The first-order chi connectivity index (χ1) is 16.3. The molecule has 8 rings (SSSR count). The minimum absolute atomic E-state index is 0.0989. The van der Waals surface area contributed by atoms with Crippen LogP contribution in [0.4, 0.5) is 8.78 Å². The fourth-order valence-corrected chi connectivity index (χ4v) is 9.62. The van der Waals surface area contributed by atoms with Gasteiger partial charge in [-0.3, -0.25) is 4.79 Å². The predicted molar refractivity (Wildman–Crippen MR) is 116 cm³/mol. The molecule has 0 saturated heterocycles. The second kappa shape index (κ2) is 7.39. The number of rotatable bonds is 6. The summed E-state index contributed by atoms with van der Waals surface area (Å²) in [7, 11) is 0. The van der Waals surface area contributed by atoms with E-state index in [0.29, 0.717) is 50.9 Å². The summed E-state index contributed by atoms with van der Waals surface area (Å²) in [6, 6.07) is 0. The molecule has 35 heavy (non-hydrogen) atoms. The molecule has 9 heteroatoms. The molecule has 4 atom stereocenters. The van der Waals surface area contributed by atoms with Crippen LogP contribution in [-0.4, -0.2) is 52.3 Å². The highest BCUT2D eigenvalue weighted by Gasteiger charge is 2.64. The molecular weight excluding hydrogens is 462 g/mol. The predicted octanol–water partition coefficient (Wildman–Crippen LogP) is 3.69. The number of alkyl halides is 2. The first kappa shape index (κ1) is 23.6. The maximum atomic E-state index is 13.6. The van der Waals surface area contributed by atoms with Crippen molar-refractivity contribution in [1.82, 2.24) is 0 Å². The van der Waals surface area contributed by atoms with Gasteiger partial charge in [0, 0.05) is 19.8 Å². The van der Waals surface area contributed by atoms with Gasteiger partial charge in [0.05, 0.1) is 11.0 Å². The lowest BCUT2D eigenvalue weighted by Gasteiger charge is -2.59. The summed E-state index contributed by atoms with van der Waals surface area (Å²) in [6.45, 7) is 0.0131. The Morgan fingerprint density at radius 2 is 1.34 bits per heavy atom. The number of esters is 3. The van der Waals surface area contributed by atoms with Crippen molar-refractivity contribution in [3.63, 3.8) is 0 Å². The molecule has 0 aliphatic heterocycles. The molecule has 194 valence electrons. The van der Waals surface area contributed by atoms with Crippen molar-refractivity contribution in [1.29, 1.82) is 0 Å². The summed E-state index contributed by atoms with van der Waals surface area (Å²) >= 11 is 0. The van der Waals surface area contributed by atoms with Crippen LogP contribution in [0.25, 0.3) is 0 Å². The standard InChI is InChI=1S/C26H34F2O7/c1-22(27,28)20(30)35-25-8-15-2-16(9-25)5-23(4-15,13-25)21(31)33-12-19(29)34-26-10-17-3-18(11-26)7-24(32,6-17)14-26/h15-18,32H,2-14H2,1H3. The summed E-state index contributed by atoms with van der Waals surface area (Å²) in [5.74, 6) is -5.37. The highest BCUT2D eigenvalue weighted by atomic mass is 19.3. The van der Waals surface area contributed by atoms with Crippen LogP contribution in [0, 0.1) is 29.1 Å². The topological polar surface area (TPSA) is 99.1 Å². The zero-order valence-electron chi connectivity index (χ0n) is 20.2. The van der Waals surface area contributed by atoms with Gasteiger partial charge in [0.2, 0.25) is 0 Å². The third-order valence-corrected chi connectivity index (χ3v) is 9.74. The molecule has 1 N–H and O–H groups in total. The van der Waals surface area contributed by atoms with Crippen molar-refractivity contribution < 1.29 is 42.5 Å². The van der Waals surface area contributed by atoms with Gasteiger partial charge in [-0.15, -0.1) is 0 Å². The van der Waals surface area contributed by atoms with Gasteiger partial charge in [-0.2, -0.15) is 8.78 Å². The average Bonchev–Trinajstić information content (AvgIpc) is 2.67. The SMILES string of the molecule is CC(F)(F)C(=O)OC12CC3CC(C1)CC(C(=O)OCC(=O)OC14CC5CC(CC(O)(C5)C1)C4)(C3)C2. The van der Waals surface area contributed by atoms with Gasteiger partial charge < -0.3 is 19.3 Å². The maximum Gasteiger partial charge on any atom is 0.377 e. The van der Waals surface area contributed by atoms with Crippen LogP contribution in [0.5, 0.6) is 0 Å². The van der Waals surface area contributed by atoms with E-state index in [0.717, 1.165) is 38.5 Å². The summed E-state index contributed by atoms with van der Waals surface area (Å²) in [6.07, 6.45) is 7.63. The minimum Gasteiger partial charge on any atom is -0.456 e. The average molecular weight is 497 g/mol. The summed E-state index contributed by atoms with van der Waals surface area (Å²) in [5, 5.41) is 10.9. The third-order valence-electron chi connectivity index (χ3n) is 9.74. The van der Waals surface area contributed by atoms with E-state index in [9.17, 15) is 28.3 Å². The van der Waals surface area contributed by atoms with Crippen LogP contribution in [0.1, 0.15) is 84.0 Å². The Hall–Kier alpha value is -1.77. The fourth-order valence-electron chi connectivity index (χ4n) is 9.62. The molecule has 7 nitrogen and oxygen atoms in total. The molecule has 8 saturated carbocycles. The molecule has 8 fully saturated rings. The summed E-state index contributed by atoms with van der Waals surface area (Å²) < 4.78 is 43.8. The van der Waals surface area contributed by atoms with Gasteiger partial charge in [0.1, 0.15) is 11.2 Å². The van der Waals surface area contributed by atoms with Gasteiger partial charge in [0.25, 0.3) is 0 Å². The molecule has 8 bridgehead atoms. The van der Waals surface area contributed by atoms with Crippen LogP contribution in [0.2, 0.25) is 0 Å². The van der Waals surface area contributed by atoms with Crippen LogP contribution >= 0.6 is 0 Å². The molecule has 4 unspecified atom stereocenters. The Balaban J connectivity index is 1.10. The number of carbonyl (C=O) groups is 3. The van der Waals surface area contributed by atoms with E-state index in [1.165, 1.54) is 0 Å². The van der Waals surface area contributed by atoms with Gasteiger partial charge in [-0.25, -0.2) is 9.59 Å². The van der Waals surface area contributed by atoms with E-state index >= 15 is 0 Å². The second-order valence-corrected chi connectivity index (χ2v) is 13.1. The molecule has 8 aliphatic carbocycles. The molecule has 0 radical (unpaired) electrons. The zero-order valence-corrected chi connectivity index (χ0v) is 20.2. The van der Waals surface area contributed by atoms with Gasteiger partial charge in [-0.1, -0.05) is 0 Å². The van der Waals surface area contributed by atoms with Crippen molar-refractivity contribution >= 4 is 17.9 Å². The third kappa shape index (κ3) is 4.05. The van der Waals surface area contributed by atoms with Gasteiger partial charge in [-0.05, 0) is 87.9 Å². The molecule has 8 aliphatic rings. The molecule has 0 heterocycles. The van der Waals surface area contributed by atoms with Crippen molar-refractivity contribution in [3.05, 3.63) is 0 Å². The number of hydrogen-bond donors (Lipinski definition) is 1. The normalized spacial score (nSPS) is 47.0. The van der Waals surface area contributed by atoms with Crippen LogP contribution < -0.4 is 0 Å². The number of halogens is 2. The fraction of sp³-hybridized carbons (Fsp3) is 0.885. The number of hydrogen-bond acceptors (Lipinski definition) is 7. The second-order valence-electron chi connectivity index (χ2n) is 13.1. The largest absolute Gasteiger partial charge is 0.456 e. The Morgan fingerprint density at radius 1 is 0.829 bits per heavy atom. The van der Waals surface area contributed by atoms with Crippen molar-refractivity contribution in [2.24, 2.45) is 29.1 Å². The first-order valence-electron chi connectivity index (χ1n) is 13.0. The minimum atomic E-state index is -3.59. The maximum absolute atomic E-state index is 13.6. The molecular formula is C26H34F2O7. The Morgan fingerprint density at radius 3 is 1.86 bits per heavy atom. The van der Waals surface area contributed by atoms with E-state index in [-0.39, 0.29) is 18.3 Å². The van der Waals surface area contributed by atoms with Crippen LogP contribution in [-0.2, 0) is 28.6 Å². The van der Waals surface area contributed by atoms with Gasteiger partial charge >= 0.3 is 23.8 Å². The van der Waals surface area contributed by atoms with Gasteiger partial charge in [0.15, 0.2) is 6.61 Å². The Kier molecular flexibility index (Phi) is 4.99. The molecule has 0 amide bonds. The Labute approximate surface area is 203 Å². The first-order valence-corrected chi connectivity index (χ1v) is 13.0. The Bertz CT molecular complexity index is 928. The lowest BCUT2D eigenvalue weighted by atomic mass is 9.48. The van der Waals surface area contributed by atoms with Crippen molar-refractivity contribution in [3.8, 4) is 0 Å². The van der Waals surface area contributed by atoms with Crippen LogP contribution in [0.3, 0.4) is 0 Å². The van der Waals surface area contributed by atoms with Crippen molar-refractivity contribution in [2.45, 2.75) is 107 Å². The van der Waals surface area contributed by atoms with E-state index in [2.05, 4.69) is 0 Å². The van der Waals surface area contributed by atoms with E-state index in [1.54, 1.807) is 0 Å². The lowest BCUT2D eigenvalue weighted by Crippen LogP contribution is -2.61. The van der Waals surface area contributed by atoms with E-state index in [4.69, 9.17) is 14.2 Å². The van der Waals surface area contributed by atoms with Crippen molar-refractivity contribution in [2.75, 3.05) is 6.61 Å². The summed E-state index contributed by atoms with van der Waals surface area (Å²) in [4.78, 5) is 38.0. The molecule has 0 aromatic heterocycles. The number of ether oxygens (including phenoxy) is 3. The molecule has 0 aromatic carbocycles. The van der Waals surface area contributed by atoms with E-state index < -0.39 is 52.7 Å². The molecule has 0 aromatic rings. The lowest BCUT2D eigenvalue weighted by molar-refractivity contribution is -0.228. The molecule has 0 spiro atoms. The number of carbonyl (C=O) groups excluding carboxylic acids is 3. The number of aliphatic hydroxyl groups is 1. The highest BCUT2D eigenvalue weighted by molar-refractivity contribution is 5.82. The highest BCUT2D eigenvalue weighted by Crippen LogP contribution is 2.63. The summed E-state index contributed by atoms with van der Waals surface area (Å²) in [5.41, 5.74) is -3.44. The zero-order chi connectivity index (χ0) is 24.9. The smallest absolute Gasteiger partial charge is 0.377 e. The monoisotopic (exact) mass is 496 g/mol.